The van der Waals surface area contributed by atoms with E-state index in [1.165, 1.54) is 6.92 Å². The molecule has 0 radical (unpaired) electrons. The van der Waals surface area contributed by atoms with Gasteiger partial charge in [-0.05, 0) is 40.0 Å². The number of carbonyl (C=O) groups excluding carboxylic acids is 1. The normalized spacial score (nSPS) is 39.5. The molecule has 0 aromatic heterocycles. The third kappa shape index (κ3) is 2.03. The maximum Gasteiger partial charge on any atom is 0.303 e. The van der Waals surface area contributed by atoms with Gasteiger partial charge in [0.1, 0.15) is 5.60 Å². The minimum absolute atomic E-state index is 0.142. The van der Waals surface area contributed by atoms with E-state index in [4.69, 9.17) is 9.47 Å². The van der Waals surface area contributed by atoms with Gasteiger partial charge in [-0.2, -0.15) is 0 Å². The van der Waals surface area contributed by atoms with Crippen molar-refractivity contribution in [2.24, 2.45) is 5.92 Å². The molecule has 0 aromatic rings. The fourth-order valence-electron chi connectivity index (χ4n) is 2.73. The van der Waals surface area contributed by atoms with E-state index in [-0.39, 0.29) is 17.2 Å². The summed E-state index contributed by atoms with van der Waals surface area (Å²) in [5, 5.41) is 0. The van der Waals surface area contributed by atoms with Gasteiger partial charge < -0.3 is 9.47 Å². The van der Waals surface area contributed by atoms with Gasteiger partial charge in [0.2, 0.25) is 0 Å². The second-order valence-electron chi connectivity index (χ2n) is 5.59. The first kappa shape index (κ1) is 10.9. The van der Waals surface area contributed by atoms with Crippen molar-refractivity contribution in [3.05, 3.63) is 0 Å². The molecule has 1 aliphatic heterocycles. The van der Waals surface area contributed by atoms with E-state index >= 15 is 0 Å². The summed E-state index contributed by atoms with van der Waals surface area (Å²) in [6, 6.07) is 0. The summed E-state index contributed by atoms with van der Waals surface area (Å²) in [5.74, 6) is 0.243. The number of ether oxygens (including phenoxy) is 2. The molecule has 3 unspecified atom stereocenters. The second kappa shape index (κ2) is 3.21. The standard InChI is InChI=1S/C12H20O3/c1-8(13)14-11(2,3)9-5-6-12(4)10(7-9)15-12/h9-10H,5-7H2,1-4H3. The zero-order valence-electron chi connectivity index (χ0n) is 10.0. The summed E-state index contributed by atoms with van der Waals surface area (Å²) in [5.41, 5.74) is -0.206. The zero-order chi connectivity index (χ0) is 11.3. The Morgan fingerprint density at radius 1 is 1.53 bits per heavy atom. The SMILES string of the molecule is CC(=O)OC(C)(C)C1CCC2(C)OC2C1. The minimum Gasteiger partial charge on any atom is -0.460 e. The minimum atomic E-state index is -0.348. The van der Waals surface area contributed by atoms with E-state index in [0.29, 0.717) is 12.0 Å². The van der Waals surface area contributed by atoms with Crippen molar-refractivity contribution in [1.29, 1.82) is 0 Å². The predicted molar refractivity (Wildman–Crippen MR) is 56.5 cm³/mol. The Balaban J connectivity index is 1.96. The van der Waals surface area contributed by atoms with Gasteiger partial charge in [0.25, 0.3) is 0 Å². The largest absolute Gasteiger partial charge is 0.460 e. The molecule has 0 bridgehead atoms. The first-order chi connectivity index (χ1) is 6.83. The smallest absolute Gasteiger partial charge is 0.303 e. The fourth-order valence-corrected chi connectivity index (χ4v) is 2.73. The van der Waals surface area contributed by atoms with E-state index in [9.17, 15) is 4.79 Å². The van der Waals surface area contributed by atoms with Gasteiger partial charge in [-0.1, -0.05) is 0 Å². The molecule has 2 fully saturated rings. The van der Waals surface area contributed by atoms with Crippen LogP contribution in [0.2, 0.25) is 0 Å². The van der Waals surface area contributed by atoms with Crippen LogP contribution < -0.4 is 0 Å². The second-order valence-corrected chi connectivity index (χ2v) is 5.59. The zero-order valence-corrected chi connectivity index (χ0v) is 10.0. The van der Waals surface area contributed by atoms with Crippen LogP contribution in [0.4, 0.5) is 0 Å². The number of hydrogen-bond donors (Lipinski definition) is 0. The third-order valence-corrected chi connectivity index (χ3v) is 3.91. The number of esters is 1. The first-order valence-corrected chi connectivity index (χ1v) is 5.71. The number of fused-ring (bicyclic) bond motifs is 1. The summed E-state index contributed by atoms with van der Waals surface area (Å²) < 4.78 is 11.0. The Labute approximate surface area is 91.1 Å². The van der Waals surface area contributed by atoms with Gasteiger partial charge in [0.05, 0.1) is 11.7 Å². The highest BCUT2D eigenvalue weighted by Crippen LogP contribution is 2.51. The summed E-state index contributed by atoms with van der Waals surface area (Å²) in [7, 11) is 0. The van der Waals surface area contributed by atoms with Crippen molar-refractivity contribution in [3.8, 4) is 0 Å². The van der Waals surface area contributed by atoms with Crippen molar-refractivity contribution in [3.63, 3.8) is 0 Å². The molecule has 2 rings (SSSR count). The molecule has 1 heterocycles. The van der Waals surface area contributed by atoms with E-state index in [1.54, 1.807) is 0 Å². The van der Waals surface area contributed by atoms with Crippen molar-refractivity contribution >= 4 is 5.97 Å². The third-order valence-electron chi connectivity index (χ3n) is 3.91. The van der Waals surface area contributed by atoms with Crippen LogP contribution in [0.1, 0.15) is 47.0 Å². The lowest BCUT2D eigenvalue weighted by Crippen LogP contribution is -2.40. The van der Waals surface area contributed by atoms with Crippen LogP contribution in [0.25, 0.3) is 0 Å². The molecule has 3 nitrogen and oxygen atoms in total. The molecule has 1 saturated heterocycles. The lowest BCUT2D eigenvalue weighted by molar-refractivity contribution is -0.160. The Hall–Kier alpha value is -0.570. The topological polar surface area (TPSA) is 38.8 Å². The Kier molecular flexibility index (Phi) is 2.34. The lowest BCUT2D eigenvalue weighted by Gasteiger charge is -2.36. The van der Waals surface area contributed by atoms with Gasteiger partial charge in [-0.15, -0.1) is 0 Å². The van der Waals surface area contributed by atoms with Crippen LogP contribution in [0, 0.1) is 5.92 Å². The maximum atomic E-state index is 11.0. The molecule has 3 atom stereocenters. The Bertz CT molecular complexity index is 285. The van der Waals surface area contributed by atoms with Crippen LogP contribution in [-0.4, -0.2) is 23.3 Å². The van der Waals surface area contributed by atoms with Crippen molar-refractivity contribution in [1.82, 2.24) is 0 Å². The van der Waals surface area contributed by atoms with Crippen molar-refractivity contribution in [2.75, 3.05) is 0 Å². The summed E-state index contributed by atoms with van der Waals surface area (Å²) in [6.07, 6.45) is 3.60. The van der Waals surface area contributed by atoms with Crippen LogP contribution >= 0.6 is 0 Å². The summed E-state index contributed by atoms with van der Waals surface area (Å²) in [6.45, 7) is 7.66. The van der Waals surface area contributed by atoms with E-state index in [0.717, 1.165) is 19.3 Å². The summed E-state index contributed by atoms with van der Waals surface area (Å²) in [4.78, 5) is 11.0. The van der Waals surface area contributed by atoms with Gasteiger partial charge in [0.15, 0.2) is 0 Å². The lowest BCUT2D eigenvalue weighted by atomic mass is 9.75. The quantitative estimate of drug-likeness (QED) is 0.520. The number of carbonyl (C=O) groups is 1. The van der Waals surface area contributed by atoms with E-state index in [2.05, 4.69) is 6.92 Å². The Morgan fingerprint density at radius 2 is 2.20 bits per heavy atom. The van der Waals surface area contributed by atoms with Gasteiger partial charge in [-0.3, -0.25) is 4.79 Å². The summed E-state index contributed by atoms with van der Waals surface area (Å²) >= 11 is 0. The fraction of sp³-hybridized carbons (Fsp3) is 0.917. The average molecular weight is 212 g/mol. The molecule has 3 heteroatoms. The maximum absolute atomic E-state index is 11.0. The molecule has 0 spiro atoms. The van der Waals surface area contributed by atoms with Crippen LogP contribution in [0.5, 0.6) is 0 Å². The van der Waals surface area contributed by atoms with Crippen LogP contribution in [0.3, 0.4) is 0 Å². The molecular weight excluding hydrogens is 192 g/mol. The molecular formula is C12H20O3. The first-order valence-electron chi connectivity index (χ1n) is 5.71. The molecule has 1 saturated carbocycles. The van der Waals surface area contributed by atoms with Crippen molar-refractivity contribution in [2.45, 2.75) is 64.3 Å². The molecule has 2 aliphatic rings. The van der Waals surface area contributed by atoms with Crippen molar-refractivity contribution < 1.29 is 14.3 Å². The average Bonchev–Trinajstić information content (AvgIpc) is 2.72. The van der Waals surface area contributed by atoms with Crippen LogP contribution in [-0.2, 0) is 14.3 Å². The molecule has 0 aromatic carbocycles. The van der Waals surface area contributed by atoms with Gasteiger partial charge in [-0.25, -0.2) is 0 Å². The van der Waals surface area contributed by atoms with E-state index < -0.39 is 0 Å². The molecule has 1 aliphatic carbocycles. The van der Waals surface area contributed by atoms with Crippen LogP contribution in [0.15, 0.2) is 0 Å². The van der Waals surface area contributed by atoms with Gasteiger partial charge >= 0.3 is 5.97 Å². The highest BCUT2D eigenvalue weighted by atomic mass is 16.6. The molecule has 86 valence electrons. The van der Waals surface area contributed by atoms with E-state index in [1.807, 2.05) is 13.8 Å². The monoisotopic (exact) mass is 212 g/mol. The molecule has 0 N–H and O–H groups in total. The highest BCUT2D eigenvalue weighted by Gasteiger charge is 2.57. The number of rotatable bonds is 2. The van der Waals surface area contributed by atoms with Gasteiger partial charge in [0, 0.05) is 12.8 Å². The molecule has 0 amide bonds. The molecule has 15 heavy (non-hydrogen) atoms. The predicted octanol–water partition coefficient (Wildman–Crippen LogP) is 2.29. The Morgan fingerprint density at radius 3 is 2.73 bits per heavy atom. The number of hydrogen-bond acceptors (Lipinski definition) is 3. The highest BCUT2D eigenvalue weighted by molar-refractivity contribution is 5.66. The number of epoxide rings is 1.